The van der Waals surface area contributed by atoms with Gasteiger partial charge in [-0.2, -0.15) is 26.3 Å². The first kappa shape index (κ1) is 22.6. The minimum absolute atomic E-state index is 0.343. The average Bonchev–Trinajstić information content (AvgIpc) is 2.63. The summed E-state index contributed by atoms with van der Waals surface area (Å²) in [5.74, 6) is -1.56. The first-order valence-corrected chi connectivity index (χ1v) is 8.32. The standard InChI is InChI=1S/C19H13ClF6O3/c20-13-4-1-12(2-5-13)3-7-16(27)15-9-14(28-10-18(21,22)23)6-8-17(15)29-11-19(24,25)26/h1-9H,10-11H2. The molecule has 2 rings (SSSR count). The molecule has 0 unspecified atom stereocenters. The van der Waals surface area contributed by atoms with Crippen molar-refractivity contribution in [3.8, 4) is 11.5 Å². The first-order valence-electron chi connectivity index (χ1n) is 7.94. The first-order chi connectivity index (χ1) is 13.4. The molecule has 0 N–H and O–H groups in total. The summed E-state index contributed by atoms with van der Waals surface area (Å²) >= 11 is 5.75. The maximum absolute atomic E-state index is 12.4. The highest BCUT2D eigenvalue weighted by molar-refractivity contribution is 6.30. The van der Waals surface area contributed by atoms with Gasteiger partial charge < -0.3 is 9.47 Å². The Morgan fingerprint density at radius 2 is 1.48 bits per heavy atom. The number of hydrogen-bond acceptors (Lipinski definition) is 3. The van der Waals surface area contributed by atoms with Gasteiger partial charge in [0, 0.05) is 5.02 Å². The maximum atomic E-state index is 12.4. The molecule has 0 heterocycles. The van der Waals surface area contributed by atoms with Crippen LogP contribution in [-0.4, -0.2) is 31.3 Å². The van der Waals surface area contributed by atoms with E-state index in [1.54, 1.807) is 24.3 Å². The molecular weight excluding hydrogens is 426 g/mol. The molecule has 0 radical (unpaired) electrons. The van der Waals surface area contributed by atoms with Crippen molar-refractivity contribution in [2.75, 3.05) is 13.2 Å². The second kappa shape index (κ2) is 9.21. The predicted molar refractivity (Wildman–Crippen MR) is 94.4 cm³/mol. The number of ketones is 1. The summed E-state index contributed by atoms with van der Waals surface area (Å²) in [6, 6.07) is 9.14. The van der Waals surface area contributed by atoms with Gasteiger partial charge in [0.15, 0.2) is 19.0 Å². The Hall–Kier alpha value is -2.68. The Bertz CT molecular complexity index is 873. The van der Waals surface area contributed by atoms with Crippen molar-refractivity contribution >= 4 is 23.5 Å². The second-order valence-electron chi connectivity index (χ2n) is 5.71. The predicted octanol–water partition coefficient (Wildman–Crippen LogP) is 6.12. The van der Waals surface area contributed by atoms with E-state index in [-0.39, 0.29) is 11.3 Å². The van der Waals surface area contributed by atoms with Gasteiger partial charge in [0.1, 0.15) is 11.5 Å². The fourth-order valence-corrected chi connectivity index (χ4v) is 2.20. The van der Waals surface area contributed by atoms with Gasteiger partial charge in [0.2, 0.25) is 0 Å². The Morgan fingerprint density at radius 1 is 0.897 bits per heavy atom. The molecule has 2 aromatic carbocycles. The summed E-state index contributed by atoms with van der Waals surface area (Å²) in [5.41, 5.74) is 0.198. The molecule has 156 valence electrons. The third-order valence-electron chi connectivity index (χ3n) is 3.31. The van der Waals surface area contributed by atoms with E-state index in [1.807, 2.05) is 0 Å². The molecule has 0 atom stereocenters. The lowest BCUT2D eigenvalue weighted by Crippen LogP contribution is -2.21. The summed E-state index contributed by atoms with van der Waals surface area (Å²) < 4.78 is 83.3. The van der Waals surface area contributed by atoms with E-state index in [4.69, 9.17) is 11.6 Å². The molecule has 0 fully saturated rings. The smallest absolute Gasteiger partial charge is 0.422 e. The largest absolute Gasteiger partial charge is 0.484 e. The van der Waals surface area contributed by atoms with Gasteiger partial charge in [-0.25, -0.2) is 0 Å². The zero-order valence-corrected chi connectivity index (χ0v) is 15.2. The van der Waals surface area contributed by atoms with Gasteiger partial charge in [-0.15, -0.1) is 0 Å². The van der Waals surface area contributed by atoms with E-state index in [1.165, 1.54) is 6.08 Å². The van der Waals surface area contributed by atoms with Crippen LogP contribution in [0.2, 0.25) is 5.02 Å². The maximum Gasteiger partial charge on any atom is 0.422 e. The highest BCUT2D eigenvalue weighted by Crippen LogP contribution is 2.28. The van der Waals surface area contributed by atoms with Gasteiger partial charge in [-0.3, -0.25) is 4.79 Å². The van der Waals surface area contributed by atoms with Crippen molar-refractivity contribution in [3.05, 3.63) is 64.7 Å². The molecule has 0 saturated heterocycles. The fourth-order valence-electron chi connectivity index (χ4n) is 2.08. The van der Waals surface area contributed by atoms with Crippen LogP contribution in [-0.2, 0) is 0 Å². The molecule has 29 heavy (non-hydrogen) atoms. The van der Waals surface area contributed by atoms with Crippen molar-refractivity contribution in [2.24, 2.45) is 0 Å². The number of carbonyl (C=O) groups excluding carboxylic acids is 1. The molecule has 0 aliphatic heterocycles. The van der Waals surface area contributed by atoms with E-state index in [0.29, 0.717) is 10.6 Å². The van der Waals surface area contributed by atoms with E-state index >= 15 is 0 Å². The van der Waals surface area contributed by atoms with Crippen LogP contribution in [0.1, 0.15) is 15.9 Å². The molecule has 0 amide bonds. The van der Waals surface area contributed by atoms with Gasteiger partial charge in [-0.05, 0) is 42.0 Å². The number of benzene rings is 2. The molecule has 0 saturated carbocycles. The normalized spacial score (nSPS) is 12.2. The van der Waals surface area contributed by atoms with E-state index in [0.717, 1.165) is 24.3 Å². The van der Waals surface area contributed by atoms with Crippen molar-refractivity contribution in [3.63, 3.8) is 0 Å². The second-order valence-corrected chi connectivity index (χ2v) is 6.15. The minimum atomic E-state index is -4.66. The lowest BCUT2D eigenvalue weighted by Gasteiger charge is -2.14. The Labute approximate surface area is 166 Å². The molecule has 3 nitrogen and oxygen atoms in total. The van der Waals surface area contributed by atoms with Crippen LogP contribution in [0.15, 0.2) is 48.5 Å². The van der Waals surface area contributed by atoms with E-state index < -0.39 is 37.1 Å². The highest BCUT2D eigenvalue weighted by Gasteiger charge is 2.30. The van der Waals surface area contributed by atoms with Crippen LogP contribution >= 0.6 is 11.6 Å². The Kier molecular flexibility index (Phi) is 7.18. The number of ether oxygens (including phenoxy) is 2. The number of hydrogen-bond donors (Lipinski definition) is 0. The molecular formula is C19H13ClF6O3. The van der Waals surface area contributed by atoms with Gasteiger partial charge in [-0.1, -0.05) is 29.8 Å². The number of allylic oxidation sites excluding steroid dienone is 1. The van der Waals surface area contributed by atoms with Gasteiger partial charge in [0.05, 0.1) is 5.56 Å². The van der Waals surface area contributed by atoms with Crippen molar-refractivity contribution in [2.45, 2.75) is 12.4 Å². The Balaban J connectivity index is 2.27. The topological polar surface area (TPSA) is 35.5 Å². The van der Waals surface area contributed by atoms with E-state index in [9.17, 15) is 31.1 Å². The minimum Gasteiger partial charge on any atom is -0.484 e. The number of carbonyl (C=O) groups is 1. The third-order valence-corrected chi connectivity index (χ3v) is 3.56. The molecule has 0 aliphatic rings. The molecule has 0 bridgehead atoms. The van der Waals surface area contributed by atoms with E-state index in [2.05, 4.69) is 9.47 Å². The SMILES string of the molecule is O=C(C=Cc1ccc(Cl)cc1)c1cc(OCC(F)(F)F)ccc1OCC(F)(F)F. The lowest BCUT2D eigenvalue weighted by molar-refractivity contribution is -0.154. The molecule has 0 spiro atoms. The summed E-state index contributed by atoms with van der Waals surface area (Å²) in [7, 11) is 0. The zero-order chi connectivity index (χ0) is 21.7. The monoisotopic (exact) mass is 438 g/mol. The van der Waals surface area contributed by atoms with Crippen LogP contribution in [0.4, 0.5) is 26.3 Å². The van der Waals surface area contributed by atoms with Crippen LogP contribution in [0.3, 0.4) is 0 Å². The molecule has 2 aromatic rings. The fraction of sp³-hybridized carbons (Fsp3) is 0.211. The van der Waals surface area contributed by atoms with Gasteiger partial charge >= 0.3 is 12.4 Å². The van der Waals surface area contributed by atoms with Crippen LogP contribution < -0.4 is 9.47 Å². The number of rotatable bonds is 7. The number of halogens is 7. The average molecular weight is 439 g/mol. The molecule has 10 heteroatoms. The van der Waals surface area contributed by atoms with Crippen molar-refractivity contribution in [1.82, 2.24) is 0 Å². The van der Waals surface area contributed by atoms with Crippen LogP contribution in [0, 0.1) is 0 Å². The summed E-state index contributed by atoms with van der Waals surface area (Å²) in [5, 5.41) is 0.464. The number of alkyl halides is 6. The Morgan fingerprint density at radius 3 is 2.07 bits per heavy atom. The highest BCUT2D eigenvalue weighted by atomic mass is 35.5. The zero-order valence-electron chi connectivity index (χ0n) is 14.5. The van der Waals surface area contributed by atoms with Crippen molar-refractivity contribution < 1.29 is 40.6 Å². The van der Waals surface area contributed by atoms with Crippen LogP contribution in [0.25, 0.3) is 6.08 Å². The quantitative estimate of drug-likeness (QED) is 0.297. The summed E-state index contributed by atoms with van der Waals surface area (Å²) in [6.45, 7) is -3.29. The van der Waals surface area contributed by atoms with Crippen LogP contribution in [0.5, 0.6) is 11.5 Å². The van der Waals surface area contributed by atoms with Gasteiger partial charge in [0.25, 0.3) is 0 Å². The summed E-state index contributed by atoms with van der Waals surface area (Å²) in [6.07, 6.45) is -6.86. The molecule has 0 aromatic heterocycles. The third kappa shape index (κ3) is 8.06. The molecule has 0 aliphatic carbocycles. The lowest BCUT2D eigenvalue weighted by atomic mass is 10.1. The van der Waals surface area contributed by atoms with Crippen molar-refractivity contribution in [1.29, 1.82) is 0 Å². The summed E-state index contributed by atoms with van der Waals surface area (Å²) in [4.78, 5) is 12.4.